The highest BCUT2D eigenvalue weighted by Gasteiger charge is 2.27. The molecular formula is C22H26O3. The van der Waals surface area contributed by atoms with Crippen LogP contribution in [0, 0.1) is 11.8 Å². The Morgan fingerprint density at radius 1 is 0.720 bits per heavy atom. The number of hydrogen-bond acceptors (Lipinski definition) is 3. The number of ether oxygens (including phenoxy) is 2. The Morgan fingerprint density at radius 3 is 1.60 bits per heavy atom. The predicted octanol–water partition coefficient (Wildman–Crippen LogP) is 4.41. The van der Waals surface area contributed by atoms with Crippen LogP contribution in [-0.2, 0) is 27.5 Å². The first-order valence-electron chi connectivity index (χ1n) is 9.04. The Kier molecular flexibility index (Phi) is 6.78. The Hall–Kier alpha value is -1.97. The molecule has 0 aromatic heterocycles. The first kappa shape index (κ1) is 17.8. The maximum atomic E-state index is 12.0. The van der Waals surface area contributed by atoms with Gasteiger partial charge in [0.05, 0.1) is 26.4 Å². The molecule has 0 aliphatic heterocycles. The van der Waals surface area contributed by atoms with Crippen LogP contribution in [0.4, 0.5) is 0 Å². The minimum Gasteiger partial charge on any atom is -0.376 e. The number of ketones is 1. The van der Waals surface area contributed by atoms with E-state index in [1.54, 1.807) is 0 Å². The quantitative estimate of drug-likeness (QED) is 0.715. The highest BCUT2D eigenvalue weighted by atomic mass is 16.5. The molecule has 2 aromatic rings. The van der Waals surface area contributed by atoms with E-state index < -0.39 is 0 Å². The predicted molar refractivity (Wildman–Crippen MR) is 98.0 cm³/mol. The van der Waals surface area contributed by atoms with Gasteiger partial charge >= 0.3 is 0 Å². The molecule has 1 fully saturated rings. The molecule has 25 heavy (non-hydrogen) atoms. The molecule has 1 saturated carbocycles. The number of carbonyl (C=O) groups excluding carboxylic acids is 1. The van der Waals surface area contributed by atoms with E-state index in [0.29, 0.717) is 56.9 Å². The van der Waals surface area contributed by atoms with Crippen molar-refractivity contribution in [3.63, 3.8) is 0 Å². The summed E-state index contributed by atoms with van der Waals surface area (Å²) in [5.41, 5.74) is 2.35. The van der Waals surface area contributed by atoms with Gasteiger partial charge in [0.15, 0.2) is 0 Å². The molecule has 0 radical (unpaired) electrons. The summed E-state index contributed by atoms with van der Waals surface area (Å²) in [6.07, 6.45) is 2.29. The summed E-state index contributed by atoms with van der Waals surface area (Å²) in [6, 6.07) is 20.3. The molecule has 1 aliphatic carbocycles. The van der Waals surface area contributed by atoms with E-state index in [4.69, 9.17) is 9.47 Å². The van der Waals surface area contributed by atoms with Gasteiger partial charge in [-0.3, -0.25) is 4.79 Å². The molecule has 0 saturated heterocycles. The van der Waals surface area contributed by atoms with Gasteiger partial charge in [-0.1, -0.05) is 60.7 Å². The van der Waals surface area contributed by atoms with Crippen molar-refractivity contribution in [1.29, 1.82) is 0 Å². The fraction of sp³-hybridized carbons (Fsp3) is 0.409. The molecule has 132 valence electrons. The molecule has 0 heterocycles. The van der Waals surface area contributed by atoms with Crippen LogP contribution >= 0.6 is 0 Å². The fourth-order valence-corrected chi connectivity index (χ4v) is 3.45. The van der Waals surface area contributed by atoms with Crippen LogP contribution in [0.15, 0.2) is 60.7 Å². The van der Waals surface area contributed by atoms with Crippen LogP contribution < -0.4 is 0 Å². The van der Waals surface area contributed by atoms with Gasteiger partial charge in [-0.15, -0.1) is 0 Å². The van der Waals surface area contributed by atoms with Gasteiger partial charge in [-0.05, 0) is 29.4 Å². The average Bonchev–Trinajstić information content (AvgIpc) is 2.63. The summed E-state index contributed by atoms with van der Waals surface area (Å²) in [5, 5.41) is 0. The zero-order chi connectivity index (χ0) is 17.3. The Labute approximate surface area is 150 Å². The monoisotopic (exact) mass is 338 g/mol. The largest absolute Gasteiger partial charge is 0.376 e. The van der Waals surface area contributed by atoms with Crippen molar-refractivity contribution in [2.75, 3.05) is 13.2 Å². The Bertz CT molecular complexity index is 583. The summed E-state index contributed by atoms with van der Waals surface area (Å²) >= 11 is 0. The third-order valence-corrected chi connectivity index (χ3v) is 4.63. The standard InChI is InChI=1S/C22H26O3/c23-22-12-20(16-24-14-18-7-3-1-4-8-18)11-21(13-22)17-25-15-19-9-5-2-6-10-19/h1-10,20-21H,11-17H2/t20-,21+. The minimum atomic E-state index is 0.315. The first-order chi connectivity index (χ1) is 12.3. The molecule has 1 aliphatic rings. The van der Waals surface area contributed by atoms with Crippen LogP contribution in [0.1, 0.15) is 30.4 Å². The lowest BCUT2D eigenvalue weighted by Gasteiger charge is -2.28. The maximum Gasteiger partial charge on any atom is 0.133 e. The summed E-state index contributed by atoms with van der Waals surface area (Å²) < 4.78 is 11.7. The van der Waals surface area contributed by atoms with E-state index in [1.165, 1.54) is 11.1 Å². The molecule has 3 rings (SSSR count). The molecule has 0 bridgehead atoms. The van der Waals surface area contributed by atoms with E-state index in [1.807, 2.05) is 36.4 Å². The molecule has 0 spiro atoms. The molecule has 0 unspecified atom stereocenters. The maximum absolute atomic E-state index is 12.0. The smallest absolute Gasteiger partial charge is 0.133 e. The van der Waals surface area contributed by atoms with Crippen molar-refractivity contribution in [3.05, 3.63) is 71.8 Å². The van der Waals surface area contributed by atoms with Gasteiger partial charge in [-0.25, -0.2) is 0 Å². The normalized spacial score (nSPS) is 20.6. The lowest BCUT2D eigenvalue weighted by molar-refractivity contribution is -0.125. The van der Waals surface area contributed by atoms with Gasteiger partial charge in [0.2, 0.25) is 0 Å². The summed E-state index contributed by atoms with van der Waals surface area (Å²) in [7, 11) is 0. The Balaban J connectivity index is 1.39. The Morgan fingerprint density at radius 2 is 1.16 bits per heavy atom. The van der Waals surface area contributed by atoms with E-state index in [-0.39, 0.29) is 0 Å². The molecular weight excluding hydrogens is 312 g/mol. The topological polar surface area (TPSA) is 35.5 Å². The number of benzene rings is 2. The summed E-state index contributed by atoms with van der Waals surface area (Å²) in [6.45, 7) is 2.52. The van der Waals surface area contributed by atoms with Crippen molar-refractivity contribution in [3.8, 4) is 0 Å². The van der Waals surface area contributed by atoms with Crippen LogP contribution in [0.25, 0.3) is 0 Å². The van der Waals surface area contributed by atoms with Gasteiger partial charge in [0.25, 0.3) is 0 Å². The molecule has 2 aromatic carbocycles. The van der Waals surface area contributed by atoms with Crippen molar-refractivity contribution in [2.45, 2.75) is 32.5 Å². The van der Waals surface area contributed by atoms with Crippen molar-refractivity contribution in [1.82, 2.24) is 0 Å². The van der Waals surface area contributed by atoms with Gasteiger partial charge in [-0.2, -0.15) is 0 Å². The second-order valence-corrected chi connectivity index (χ2v) is 6.92. The van der Waals surface area contributed by atoms with Crippen molar-refractivity contribution in [2.24, 2.45) is 11.8 Å². The summed E-state index contributed by atoms with van der Waals surface area (Å²) in [4.78, 5) is 12.0. The second kappa shape index (κ2) is 9.50. The second-order valence-electron chi connectivity index (χ2n) is 6.92. The number of Topliss-reactive ketones (excluding diaryl/α,β-unsaturated/α-hetero) is 1. The third-order valence-electron chi connectivity index (χ3n) is 4.63. The summed E-state index contributed by atoms with van der Waals surface area (Å²) in [5.74, 6) is 0.971. The highest BCUT2D eigenvalue weighted by molar-refractivity contribution is 5.79. The van der Waals surface area contributed by atoms with Gasteiger partial charge in [0.1, 0.15) is 5.78 Å². The fourth-order valence-electron chi connectivity index (χ4n) is 3.45. The zero-order valence-corrected chi connectivity index (χ0v) is 14.6. The van der Waals surface area contributed by atoms with E-state index in [9.17, 15) is 4.79 Å². The van der Waals surface area contributed by atoms with Gasteiger partial charge < -0.3 is 9.47 Å². The van der Waals surface area contributed by atoms with Crippen LogP contribution in [-0.4, -0.2) is 19.0 Å². The van der Waals surface area contributed by atoms with Crippen LogP contribution in [0.3, 0.4) is 0 Å². The van der Waals surface area contributed by atoms with Gasteiger partial charge in [0, 0.05) is 12.8 Å². The van der Waals surface area contributed by atoms with E-state index in [2.05, 4.69) is 24.3 Å². The van der Waals surface area contributed by atoms with Crippen molar-refractivity contribution < 1.29 is 14.3 Å². The molecule has 0 N–H and O–H groups in total. The molecule has 2 atom stereocenters. The number of carbonyl (C=O) groups is 1. The molecule has 3 heteroatoms. The van der Waals surface area contributed by atoms with Crippen LogP contribution in [0.5, 0.6) is 0 Å². The minimum absolute atomic E-state index is 0.315. The molecule has 0 amide bonds. The van der Waals surface area contributed by atoms with E-state index >= 15 is 0 Å². The highest BCUT2D eigenvalue weighted by Crippen LogP contribution is 2.28. The third kappa shape index (κ3) is 6.11. The lowest BCUT2D eigenvalue weighted by Crippen LogP contribution is -2.28. The SMILES string of the molecule is O=C1C[C@@H](COCc2ccccc2)C[C@@H](COCc2ccccc2)C1. The van der Waals surface area contributed by atoms with Crippen LogP contribution in [0.2, 0.25) is 0 Å². The lowest BCUT2D eigenvalue weighted by atomic mass is 9.81. The first-order valence-corrected chi connectivity index (χ1v) is 9.04. The van der Waals surface area contributed by atoms with E-state index in [0.717, 1.165) is 6.42 Å². The number of hydrogen-bond donors (Lipinski definition) is 0. The van der Waals surface area contributed by atoms with Crippen molar-refractivity contribution >= 4 is 5.78 Å². The average molecular weight is 338 g/mol. The molecule has 3 nitrogen and oxygen atoms in total. The zero-order valence-electron chi connectivity index (χ0n) is 14.6. The number of rotatable bonds is 8.